The average molecular weight is 278 g/mol. The molecule has 1 aliphatic heterocycles. The summed E-state index contributed by atoms with van der Waals surface area (Å²) in [7, 11) is 1.64. The van der Waals surface area contributed by atoms with Crippen LogP contribution in [-0.4, -0.2) is 35.9 Å². The molecule has 4 heteroatoms. The number of hydrogen-bond acceptors (Lipinski definition) is 4. The monoisotopic (exact) mass is 278 g/mol. The summed E-state index contributed by atoms with van der Waals surface area (Å²) in [5.41, 5.74) is 4.28. The van der Waals surface area contributed by atoms with Crippen molar-refractivity contribution >= 4 is 0 Å². The van der Waals surface area contributed by atoms with Crippen LogP contribution in [0.5, 0.6) is 5.75 Å². The number of methoxy groups -OCH3 is 1. The number of nitrogens with one attached hydrogen (secondary N) is 1. The minimum atomic E-state index is -0.522. The van der Waals surface area contributed by atoms with Gasteiger partial charge >= 0.3 is 0 Å². The summed E-state index contributed by atoms with van der Waals surface area (Å²) in [5, 5.41) is 12.6. The van der Waals surface area contributed by atoms with Gasteiger partial charge in [0.1, 0.15) is 5.75 Å². The topological polar surface area (TPSA) is 44.7 Å². The van der Waals surface area contributed by atoms with E-state index >= 15 is 0 Å². The van der Waals surface area contributed by atoms with Crippen LogP contribution in [0.15, 0.2) is 24.3 Å². The summed E-state index contributed by atoms with van der Waals surface area (Å²) in [5.74, 6) is 0.779. The first-order valence-corrected chi connectivity index (χ1v) is 7.45. The summed E-state index contributed by atoms with van der Waals surface area (Å²) in [6.07, 6.45) is 3.20. The van der Waals surface area contributed by atoms with Crippen molar-refractivity contribution in [1.29, 1.82) is 0 Å². The predicted octanol–water partition coefficient (Wildman–Crippen LogP) is 2.50. The molecule has 1 fully saturated rings. The van der Waals surface area contributed by atoms with Crippen molar-refractivity contribution in [3.63, 3.8) is 0 Å². The molecule has 2 N–H and O–H groups in total. The molecule has 0 aromatic heterocycles. The zero-order valence-electron chi connectivity index (χ0n) is 12.7. The standard InChI is InChI=1S/C16H26N2O2/c1-12-6-4-7-13(2)18(12)17-11-16(19)14-8-5-9-15(10-14)20-3/h5,8-10,12-13,16-17,19H,4,6-7,11H2,1-3H3. The SMILES string of the molecule is COc1cccc(C(O)CNN2C(C)CCCC2C)c1. The highest BCUT2D eigenvalue weighted by atomic mass is 16.5. The van der Waals surface area contributed by atoms with E-state index in [0.29, 0.717) is 18.6 Å². The van der Waals surface area contributed by atoms with Crippen molar-refractivity contribution in [1.82, 2.24) is 10.4 Å². The molecular weight excluding hydrogens is 252 g/mol. The van der Waals surface area contributed by atoms with E-state index in [0.717, 1.165) is 11.3 Å². The van der Waals surface area contributed by atoms with Crippen LogP contribution < -0.4 is 10.2 Å². The first kappa shape index (κ1) is 15.3. The number of piperidine rings is 1. The number of nitrogens with zero attached hydrogens (tertiary/aromatic N) is 1. The highest BCUT2D eigenvalue weighted by Crippen LogP contribution is 2.22. The van der Waals surface area contributed by atoms with Crippen molar-refractivity contribution in [2.45, 2.75) is 51.3 Å². The molecule has 1 saturated heterocycles. The van der Waals surface area contributed by atoms with Crippen molar-refractivity contribution in [2.75, 3.05) is 13.7 Å². The van der Waals surface area contributed by atoms with Gasteiger partial charge in [0, 0.05) is 18.6 Å². The molecule has 3 unspecified atom stereocenters. The quantitative estimate of drug-likeness (QED) is 0.868. The third-order valence-electron chi connectivity index (χ3n) is 4.14. The fraction of sp³-hybridized carbons (Fsp3) is 0.625. The van der Waals surface area contributed by atoms with Crippen LogP contribution in [0.1, 0.15) is 44.8 Å². The Balaban J connectivity index is 1.92. The second-order valence-corrected chi connectivity index (χ2v) is 5.69. The molecule has 112 valence electrons. The Labute approximate surface area is 121 Å². The molecule has 0 radical (unpaired) electrons. The van der Waals surface area contributed by atoms with E-state index in [4.69, 9.17) is 4.74 Å². The van der Waals surface area contributed by atoms with E-state index in [2.05, 4.69) is 24.3 Å². The zero-order chi connectivity index (χ0) is 14.5. The number of benzene rings is 1. The highest BCUT2D eigenvalue weighted by molar-refractivity contribution is 5.29. The van der Waals surface area contributed by atoms with Crippen molar-refractivity contribution < 1.29 is 9.84 Å². The minimum absolute atomic E-state index is 0.522. The second kappa shape index (κ2) is 7.07. The van der Waals surface area contributed by atoms with E-state index in [1.165, 1.54) is 19.3 Å². The van der Waals surface area contributed by atoms with Gasteiger partial charge in [-0.05, 0) is 44.4 Å². The lowest BCUT2D eigenvalue weighted by molar-refractivity contribution is 0.0262. The van der Waals surface area contributed by atoms with E-state index < -0.39 is 6.10 Å². The first-order chi connectivity index (χ1) is 9.61. The molecule has 4 nitrogen and oxygen atoms in total. The lowest BCUT2D eigenvalue weighted by Crippen LogP contribution is -2.52. The molecule has 1 heterocycles. The Kier molecular flexibility index (Phi) is 5.40. The molecule has 0 spiro atoms. The molecule has 20 heavy (non-hydrogen) atoms. The molecule has 0 saturated carbocycles. The number of hydrazine groups is 1. The molecular formula is C16H26N2O2. The van der Waals surface area contributed by atoms with Crippen LogP contribution in [0, 0.1) is 0 Å². The number of hydrogen-bond donors (Lipinski definition) is 2. The Morgan fingerprint density at radius 3 is 2.70 bits per heavy atom. The molecule has 1 aromatic rings. The van der Waals surface area contributed by atoms with Gasteiger partial charge in [-0.3, -0.25) is 5.43 Å². The largest absolute Gasteiger partial charge is 0.497 e. The van der Waals surface area contributed by atoms with Gasteiger partial charge < -0.3 is 9.84 Å². The third kappa shape index (κ3) is 3.72. The predicted molar refractivity (Wildman–Crippen MR) is 80.6 cm³/mol. The van der Waals surface area contributed by atoms with Gasteiger partial charge in [0.25, 0.3) is 0 Å². The van der Waals surface area contributed by atoms with Gasteiger partial charge in [0.05, 0.1) is 13.2 Å². The molecule has 2 rings (SSSR count). The minimum Gasteiger partial charge on any atom is -0.497 e. The van der Waals surface area contributed by atoms with Crippen LogP contribution in [0.4, 0.5) is 0 Å². The molecule has 0 bridgehead atoms. The number of aliphatic hydroxyl groups excluding tert-OH is 1. The Morgan fingerprint density at radius 1 is 1.35 bits per heavy atom. The van der Waals surface area contributed by atoms with Crippen LogP contribution >= 0.6 is 0 Å². The molecule has 1 aliphatic rings. The maximum atomic E-state index is 10.3. The van der Waals surface area contributed by atoms with E-state index in [1.54, 1.807) is 7.11 Å². The Morgan fingerprint density at radius 2 is 2.05 bits per heavy atom. The van der Waals surface area contributed by atoms with Crippen LogP contribution in [-0.2, 0) is 0 Å². The smallest absolute Gasteiger partial charge is 0.119 e. The normalized spacial score (nSPS) is 25.4. The van der Waals surface area contributed by atoms with E-state index in [-0.39, 0.29) is 0 Å². The summed E-state index contributed by atoms with van der Waals surface area (Å²) in [6, 6.07) is 8.66. The van der Waals surface area contributed by atoms with Crippen molar-refractivity contribution in [2.24, 2.45) is 0 Å². The van der Waals surface area contributed by atoms with Gasteiger partial charge in [-0.2, -0.15) is 0 Å². The van der Waals surface area contributed by atoms with Crippen LogP contribution in [0.2, 0.25) is 0 Å². The fourth-order valence-electron chi connectivity index (χ4n) is 2.89. The second-order valence-electron chi connectivity index (χ2n) is 5.69. The van der Waals surface area contributed by atoms with Crippen molar-refractivity contribution in [3.05, 3.63) is 29.8 Å². The Hall–Kier alpha value is -1.10. The first-order valence-electron chi connectivity index (χ1n) is 7.45. The maximum absolute atomic E-state index is 10.3. The summed E-state index contributed by atoms with van der Waals surface area (Å²) in [4.78, 5) is 0. The lowest BCUT2D eigenvalue weighted by atomic mass is 10.00. The van der Waals surface area contributed by atoms with Crippen LogP contribution in [0.3, 0.4) is 0 Å². The number of ether oxygens (including phenoxy) is 1. The molecule has 0 aliphatic carbocycles. The molecule has 0 amide bonds. The summed E-state index contributed by atoms with van der Waals surface area (Å²) >= 11 is 0. The lowest BCUT2D eigenvalue weighted by Gasteiger charge is -2.39. The van der Waals surface area contributed by atoms with Gasteiger partial charge in [0.15, 0.2) is 0 Å². The summed E-state index contributed by atoms with van der Waals surface area (Å²) in [6.45, 7) is 5.00. The maximum Gasteiger partial charge on any atom is 0.119 e. The third-order valence-corrected chi connectivity index (χ3v) is 4.14. The fourth-order valence-corrected chi connectivity index (χ4v) is 2.89. The van der Waals surface area contributed by atoms with E-state index in [1.807, 2.05) is 24.3 Å². The van der Waals surface area contributed by atoms with E-state index in [9.17, 15) is 5.11 Å². The zero-order valence-corrected chi connectivity index (χ0v) is 12.7. The summed E-state index contributed by atoms with van der Waals surface area (Å²) < 4.78 is 5.19. The number of rotatable bonds is 5. The number of aliphatic hydroxyl groups is 1. The van der Waals surface area contributed by atoms with Gasteiger partial charge in [-0.1, -0.05) is 18.6 Å². The van der Waals surface area contributed by atoms with Crippen molar-refractivity contribution in [3.8, 4) is 5.75 Å². The highest BCUT2D eigenvalue weighted by Gasteiger charge is 2.24. The van der Waals surface area contributed by atoms with Gasteiger partial charge in [-0.15, -0.1) is 0 Å². The molecule has 3 atom stereocenters. The van der Waals surface area contributed by atoms with Crippen LogP contribution in [0.25, 0.3) is 0 Å². The molecule has 1 aromatic carbocycles. The Bertz CT molecular complexity index is 415. The average Bonchev–Trinajstić information content (AvgIpc) is 2.46. The van der Waals surface area contributed by atoms with Gasteiger partial charge in [-0.25, -0.2) is 5.01 Å². The van der Waals surface area contributed by atoms with Gasteiger partial charge in [0.2, 0.25) is 0 Å².